The Labute approximate surface area is 202 Å². The molecule has 0 bridgehead atoms. The van der Waals surface area contributed by atoms with Crippen molar-refractivity contribution in [1.82, 2.24) is 0 Å². The largest absolute Gasteiger partial charge is 0.459 e. The van der Waals surface area contributed by atoms with Gasteiger partial charge in [0.2, 0.25) is 0 Å². The van der Waals surface area contributed by atoms with E-state index in [0.717, 1.165) is 24.0 Å². The van der Waals surface area contributed by atoms with Crippen LogP contribution in [0.5, 0.6) is 0 Å². The maximum Gasteiger partial charge on any atom is 0.309 e. The monoisotopic (exact) mass is 470 g/mol. The van der Waals surface area contributed by atoms with Crippen molar-refractivity contribution >= 4 is 5.97 Å². The molecule has 1 aliphatic rings. The summed E-state index contributed by atoms with van der Waals surface area (Å²) in [7, 11) is 0. The summed E-state index contributed by atoms with van der Waals surface area (Å²) in [6.07, 6.45) is -1.16. The molecule has 0 radical (unpaired) electrons. The molecule has 2 aromatic rings. The van der Waals surface area contributed by atoms with Crippen molar-refractivity contribution in [2.45, 2.75) is 89.0 Å². The lowest BCUT2D eigenvalue weighted by Crippen LogP contribution is -2.65. The molecule has 1 aliphatic heterocycles. The van der Waals surface area contributed by atoms with Gasteiger partial charge in [-0.05, 0) is 24.0 Å². The van der Waals surface area contributed by atoms with E-state index < -0.39 is 30.2 Å². The third kappa shape index (κ3) is 6.66. The molecule has 0 aliphatic carbocycles. The first kappa shape index (κ1) is 26.4. The minimum atomic E-state index is -1.71. The molecule has 1 heterocycles. The molecule has 1 fully saturated rings. The van der Waals surface area contributed by atoms with Crippen LogP contribution in [0.15, 0.2) is 60.7 Å². The molecular weight excluding hydrogens is 432 g/mol. The number of rotatable bonds is 11. The van der Waals surface area contributed by atoms with Gasteiger partial charge in [0.1, 0.15) is 17.8 Å². The Bertz CT molecular complexity index is 867. The molecule has 3 N–H and O–H groups in total. The van der Waals surface area contributed by atoms with Gasteiger partial charge in [0.05, 0.1) is 12.0 Å². The predicted molar refractivity (Wildman–Crippen MR) is 130 cm³/mol. The molecule has 2 aromatic carbocycles. The molecule has 186 valence electrons. The van der Waals surface area contributed by atoms with E-state index in [0.29, 0.717) is 12.8 Å². The second kappa shape index (κ2) is 12.5. The lowest BCUT2D eigenvalue weighted by atomic mass is 9.77. The van der Waals surface area contributed by atoms with E-state index in [1.807, 2.05) is 74.5 Å². The molecular formula is C28H38O6. The van der Waals surface area contributed by atoms with E-state index in [9.17, 15) is 20.1 Å². The highest BCUT2D eigenvalue weighted by atomic mass is 16.6. The fraction of sp³-hybridized carbons (Fsp3) is 0.536. The molecule has 0 aromatic heterocycles. The summed E-state index contributed by atoms with van der Waals surface area (Å²) in [6, 6.07) is 18.8. The molecule has 1 saturated heterocycles. The number of esters is 1. The highest BCUT2D eigenvalue weighted by molar-refractivity contribution is 5.72. The topological polar surface area (TPSA) is 96.2 Å². The zero-order chi connectivity index (χ0) is 24.6. The van der Waals surface area contributed by atoms with Crippen LogP contribution in [0.25, 0.3) is 0 Å². The van der Waals surface area contributed by atoms with Crippen molar-refractivity contribution in [3.05, 3.63) is 71.8 Å². The standard InChI is InChI=1S/C28H38O6/c1-3-11-22(12-4-2)27(31)33-24-18-25(30)34-26(23(29)17-20-13-7-5-8-14-20)28(24,32)19-21-15-9-6-10-16-21/h5-10,13-16,22-26,29-30,32H,3-4,11-12,17-19H2,1-2H3/t23?,24-,25+,26-,28+/m1/s1. The minimum Gasteiger partial charge on any atom is -0.459 e. The highest BCUT2D eigenvalue weighted by Gasteiger charge is 2.55. The molecule has 3 rings (SSSR count). The van der Waals surface area contributed by atoms with Crippen molar-refractivity contribution in [1.29, 1.82) is 0 Å². The number of carbonyl (C=O) groups excluding carboxylic acids is 1. The van der Waals surface area contributed by atoms with Crippen molar-refractivity contribution in [2.75, 3.05) is 0 Å². The fourth-order valence-electron chi connectivity index (χ4n) is 4.90. The summed E-state index contributed by atoms with van der Waals surface area (Å²) in [6.45, 7) is 4.05. The van der Waals surface area contributed by atoms with Crippen molar-refractivity contribution in [3.8, 4) is 0 Å². The van der Waals surface area contributed by atoms with Crippen LogP contribution in [0.3, 0.4) is 0 Å². The van der Waals surface area contributed by atoms with Crippen LogP contribution in [0.4, 0.5) is 0 Å². The lowest BCUT2D eigenvalue weighted by Gasteiger charge is -2.48. The van der Waals surface area contributed by atoms with Crippen molar-refractivity contribution in [3.63, 3.8) is 0 Å². The zero-order valence-electron chi connectivity index (χ0n) is 20.2. The van der Waals surface area contributed by atoms with Crippen LogP contribution in [-0.2, 0) is 27.1 Å². The van der Waals surface area contributed by atoms with Crippen LogP contribution in [0, 0.1) is 5.92 Å². The van der Waals surface area contributed by atoms with E-state index >= 15 is 0 Å². The Balaban J connectivity index is 1.90. The Morgan fingerprint density at radius 1 is 1.03 bits per heavy atom. The van der Waals surface area contributed by atoms with E-state index in [1.54, 1.807) is 0 Å². The number of aliphatic hydroxyl groups is 3. The Hall–Kier alpha value is -2.25. The summed E-state index contributed by atoms with van der Waals surface area (Å²) in [5.74, 6) is -0.630. The number of ether oxygens (including phenoxy) is 2. The van der Waals surface area contributed by atoms with Crippen LogP contribution in [0.1, 0.15) is 57.1 Å². The average molecular weight is 471 g/mol. The number of benzene rings is 2. The summed E-state index contributed by atoms with van der Waals surface area (Å²) in [5, 5.41) is 33.7. The maximum atomic E-state index is 13.1. The number of carbonyl (C=O) groups is 1. The second-order valence-corrected chi connectivity index (χ2v) is 9.36. The third-order valence-electron chi connectivity index (χ3n) is 6.60. The summed E-state index contributed by atoms with van der Waals surface area (Å²) in [4.78, 5) is 13.1. The Kier molecular flexibility index (Phi) is 9.65. The van der Waals surface area contributed by atoms with Gasteiger partial charge < -0.3 is 24.8 Å². The summed E-state index contributed by atoms with van der Waals surface area (Å²) >= 11 is 0. The van der Waals surface area contributed by atoms with Crippen molar-refractivity contribution in [2.24, 2.45) is 5.92 Å². The smallest absolute Gasteiger partial charge is 0.309 e. The predicted octanol–water partition coefficient (Wildman–Crippen LogP) is 3.80. The molecule has 0 spiro atoms. The van der Waals surface area contributed by atoms with Crippen LogP contribution in [0.2, 0.25) is 0 Å². The minimum absolute atomic E-state index is 0.0609. The quantitative estimate of drug-likeness (QED) is 0.433. The number of hydrogen-bond donors (Lipinski definition) is 3. The van der Waals surface area contributed by atoms with Crippen LogP contribution >= 0.6 is 0 Å². The fourth-order valence-corrected chi connectivity index (χ4v) is 4.90. The van der Waals surface area contributed by atoms with E-state index in [4.69, 9.17) is 9.47 Å². The maximum absolute atomic E-state index is 13.1. The van der Waals surface area contributed by atoms with Gasteiger partial charge >= 0.3 is 5.97 Å². The molecule has 1 unspecified atom stereocenters. The molecule has 6 nitrogen and oxygen atoms in total. The third-order valence-corrected chi connectivity index (χ3v) is 6.60. The first-order valence-electron chi connectivity index (χ1n) is 12.4. The van der Waals surface area contributed by atoms with Crippen LogP contribution < -0.4 is 0 Å². The molecule has 6 heteroatoms. The van der Waals surface area contributed by atoms with Gasteiger partial charge in [0, 0.05) is 19.3 Å². The normalized spacial score (nSPS) is 25.8. The summed E-state index contributed by atoms with van der Waals surface area (Å²) < 4.78 is 11.6. The van der Waals surface area contributed by atoms with Gasteiger partial charge in [0.15, 0.2) is 6.29 Å². The SMILES string of the molecule is CCCC(CCC)C(=O)O[C@@H]1C[C@@H](O)O[C@H](C(O)Cc2ccccc2)[C@]1(O)Cc1ccccc1. The Morgan fingerprint density at radius 2 is 1.59 bits per heavy atom. The average Bonchev–Trinajstić information content (AvgIpc) is 2.82. The van der Waals surface area contributed by atoms with Gasteiger partial charge in [0.25, 0.3) is 0 Å². The first-order valence-corrected chi connectivity index (χ1v) is 12.4. The van der Waals surface area contributed by atoms with Crippen molar-refractivity contribution < 1.29 is 29.6 Å². The molecule has 34 heavy (non-hydrogen) atoms. The molecule has 0 amide bonds. The molecule has 0 saturated carbocycles. The Morgan fingerprint density at radius 3 is 2.15 bits per heavy atom. The van der Waals surface area contributed by atoms with E-state index in [2.05, 4.69) is 0 Å². The van der Waals surface area contributed by atoms with Gasteiger partial charge in [-0.1, -0.05) is 87.4 Å². The van der Waals surface area contributed by atoms with Gasteiger partial charge in [-0.15, -0.1) is 0 Å². The van der Waals surface area contributed by atoms with Crippen LogP contribution in [-0.4, -0.2) is 51.5 Å². The number of hydrogen-bond acceptors (Lipinski definition) is 6. The molecule has 5 atom stereocenters. The van der Waals surface area contributed by atoms with E-state index in [-0.39, 0.29) is 31.1 Å². The lowest BCUT2D eigenvalue weighted by molar-refractivity contribution is -0.296. The number of aliphatic hydroxyl groups excluding tert-OH is 2. The van der Waals surface area contributed by atoms with Gasteiger partial charge in [-0.25, -0.2) is 0 Å². The second-order valence-electron chi connectivity index (χ2n) is 9.36. The summed E-state index contributed by atoms with van der Waals surface area (Å²) in [5.41, 5.74) is -0.0187. The van der Waals surface area contributed by atoms with Gasteiger partial charge in [-0.3, -0.25) is 4.79 Å². The highest BCUT2D eigenvalue weighted by Crippen LogP contribution is 2.37. The zero-order valence-corrected chi connectivity index (χ0v) is 20.2. The first-order chi connectivity index (χ1) is 16.4. The van der Waals surface area contributed by atoms with Gasteiger partial charge in [-0.2, -0.15) is 0 Å². The van der Waals surface area contributed by atoms with E-state index in [1.165, 1.54) is 0 Å².